The van der Waals surface area contributed by atoms with E-state index < -0.39 is 7.87 Å². The van der Waals surface area contributed by atoms with Crippen molar-refractivity contribution in [1.82, 2.24) is 24.6 Å². The number of hydrogen-bond acceptors (Lipinski definition) is 5. The van der Waals surface area contributed by atoms with Gasteiger partial charge in [0, 0.05) is 49.3 Å². The predicted octanol–water partition coefficient (Wildman–Crippen LogP) is 0.0728. The summed E-state index contributed by atoms with van der Waals surface area (Å²) in [5, 5.41) is 3.39. The molecule has 0 spiro atoms. The minimum atomic E-state index is -1.57. The summed E-state index contributed by atoms with van der Waals surface area (Å²) in [6.45, 7) is 0. The molecule has 0 saturated carbocycles. The van der Waals surface area contributed by atoms with Gasteiger partial charge in [0.25, 0.3) is 0 Å². The topological polar surface area (TPSA) is 33.8 Å². The second-order valence-corrected chi connectivity index (χ2v) is 7.02. The number of rotatable bonds is 5. The zero-order valence-electron chi connectivity index (χ0n) is 9.79. The van der Waals surface area contributed by atoms with E-state index in [1.54, 1.807) is 0 Å². The minimum Gasteiger partial charge on any atom is -0.222 e. The van der Waals surface area contributed by atoms with Gasteiger partial charge in [0.1, 0.15) is 0 Å². The molecule has 0 aliphatic carbocycles. The smallest absolute Gasteiger partial charge is 0.222 e. The van der Waals surface area contributed by atoms with Gasteiger partial charge < -0.3 is 0 Å². The van der Waals surface area contributed by atoms with E-state index in [-0.39, 0.29) is 0 Å². The summed E-state index contributed by atoms with van der Waals surface area (Å²) in [5.74, 6) is 0. The maximum atomic E-state index is 3.39. The Labute approximate surface area is 82.6 Å². The van der Waals surface area contributed by atoms with Gasteiger partial charge in [-0.1, -0.05) is 4.78 Å². The Morgan fingerprint density at radius 1 is 0.846 bits per heavy atom. The predicted molar refractivity (Wildman–Crippen MR) is 60.2 cm³/mol. The second kappa shape index (κ2) is 5.20. The first-order chi connectivity index (χ1) is 5.93. The third kappa shape index (κ3) is 2.37. The van der Waals surface area contributed by atoms with Crippen molar-refractivity contribution in [2.45, 2.75) is 0 Å². The van der Waals surface area contributed by atoms with Crippen molar-refractivity contribution in [1.29, 1.82) is 0 Å². The fourth-order valence-electron chi connectivity index (χ4n) is 1.58. The molecule has 0 rings (SSSR count). The molecule has 6 heteroatoms. The molecule has 13 heavy (non-hydrogen) atoms. The molecular formula is C7H23N5P+. The molecule has 0 fully saturated rings. The Balaban J connectivity index is 4.86. The maximum Gasteiger partial charge on any atom is 0.318 e. The van der Waals surface area contributed by atoms with Crippen molar-refractivity contribution in [3.8, 4) is 0 Å². The molecule has 0 aromatic heterocycles. The van der Waals surface area contributed by atoms with Crippen LogP contribution in [0, 0.1) is 0 Å². The van der Waals surface area contributed by atoms with Gasteiger partial charge in [-0.25, -0.2) is 5.43 Å². The van der Waals surface area contributed by atoms with Gasteiger partial charge in [0.15, 0.2) is 0 Å². The molecule has 0 aliphatic rings. The van der Waals surface area contributed by atoms with Gasteiger partial charge >= 0.3 is 7.87 Å². The van der Waals surface area contributed by atoms with E-state index in [0.717, 1.165) is 0 Å². The largest absolute Gasteiger partial charge is 0.318 e. The third-order valence-corrected chi connectivity index (χ3v) is 6.03. The van der Waals surface area contributed by atoms with Gasteiger partial charge in [0.2, 0.25) is 0 Å². The first-order valence-electron chi connectivity index (χ1n) is 4.28. The van der Waals surface area contributed by atoms with Crippen LogP contribution in [0.15, 0.2) is 0 Å². The van der Waals surface area contributed by atoms with Crippen molar-refractivity contribution in [2.75, 3.05) is 49.3 Å². The lowest BCUT2D eigenvalue weighted by molar-refractivity contribution is 0.353. The lowest BCUT2D eigenvalue weighted by Crippen LogP contribution is -2.48. The highest BCUT2D eigenvalue weighted by Gasteiger charge is 2.48. The van der Waals surface area contributed by atoms with Gasteiger partial charge in [-0.15, -0.1) is 14.4 Å². The molecule has 0 aromatic rings. The van der Waals surface area contributed by atoms with Crippen LogP contribution in [0.1, 0.15) is 0 Å². The number of hydrogen-bond donors (Lipinski definition) is 2. The summed E-state index contributed by atoms with van der Waals surface area (Å²) in [7, 11) is 12.7. The van der Waals surface area contributed by atoms with Gasteiger partial charge in [0.05, 0.1) is 0 Å². The quantitative estimate of drug-likeness (QED) is 0.494. The molecule has 0 radical (unpaired) electrons. The average molecular weight is 208 g/mol. The Hall–Kier alpha value is 0.230. The summed E-state index contributed by atoms with van der Waals surface area (Å²) in [6, 6.07) is 0. The molecule has 5 nitrogen and oxygen atoms in total. The molecule has 0 heterocycles. The first-order valence-corrected chi connectivity index (χ1v) is 5.93. The normalized spacial score (nSPS) is 13.4. The lowest BCUT2D eigenvalue weighted by Gasteiger charge is -2.39. The standard InChI is InChI=1S/C7H23N5P/c1-8-12(7)13(9-2,10(3)4)11(5)6/h8-9H,1-7H3/q+1. The lowest BCUT2D eigenvalue weighted by atomic mass is 11.3. The second-order valence-electron chi connectivity index (χ2n) is 3.23. The Morgan fingerprint density at radius 3 is 1.31 bits per heavy atom. The Kier molecular flexibility index (Phi) is 5.29. The molecule has 0 bridgehead atoms. The van der Waals surface area contributed by atoms with Crippen molar-refractivity contribution in [2.24, 2.45) is 0 Å². The summed E-state index contributed by atoms with van der Waals surface area (Å²) >= 11 is 0. The highest BCUT2D eigenvalue weighted by Crippen LogP contribution is 2.58. The molecule has 0 aliphatic heterocycles. The average Bonchev–Trinajstić information content (AvgIpc) is 2.04. The molecular weight excluding hydrogens is 185 g/mol. The Bertz CT molecular complexity index is 142. The van der Waals surface area contributed by atoms with Crippen LogP contribution in [0.2, 0.25) is 0 Å². The fourth-order valence-corrected chi connectivity index (χ4v) is 4.75. The van der Waals surface area contributed by atoms with E-state index in [0.29, 0.717) is 0 Å². The molecule has 2 N–H and O–H groups in total. The highest BCUT2D eigenvalue weighted by molar-refractivity contribution is 7.66. The van der Waals surface area contributed by atoms with E-state index in [4.69, 9.17) is 0 Å². The minimum absolute atomic E-state index is 1.57. The summed E-state index contributed by atoms with van der Waals surface area (Å²) < 4.78 is 6.54. The van der Waals surface area contributed by atoms with Crippen molar-refractivity contribution >= 4 is 7.87 Å². The first kappa shape index (κ1) is 13.2. The van der Waals surface area contributed by atoms with E-state index in [9.17, 15) is 0 Å². The molecule has 0 amide bonds. The van der Waals surface area contributed by atoms with Gasteiger partial charge in [-0.2, -0.15) is 0 Å². The monoisotopic (exact) mass is 208 g/mol. The maximum absolute atomic E-state index is 3.39. The van der Waals surface area contributed by atoms with Crippen molar-refractivity contribution in [3.05, 3.63) is 0 Å². The zero-order chi connectivity index (χ0) is 10.6. The van der Waals surface area contributed by atoms with Crippen LogP contribution in [0.3, 0.4) is 0 Å². The van der Waals surface area contributed by atoms with E-state index >= 15 is 0 Å². The molecule has 80 valence electrons. The molecule has 0 atom stereocenters. The fraction of sp³-hybridized carbons (Fsp3) is 1.00. The third-order valence-electron chi connectivity index (χ3n) is 2.16. The zero-order valence-corrected chi connectivity index (χ0v) is 10.7. The van der Waals surface area contributed by atoms with Crippen LogP contribution < -0.4 is 10.5 Å². The number of hydrazine groups is 1. The molecule has 0 unspecified atom stereocenters. The van der Waals surface area contributed by atoms with E-state index in [1.807, 2.05) is 21.1 Å². The number of nitrogens with zero attached hydrogens (tertiary/aromatic N) is 3. The number of nitrogens with one attached hydrogen (secondary N) is 2. The van der Waals surface area contributed by atoms with Crippen molar-refractivity contribution in [3.63, 3.8) is 0 Å². The van der Waals surface area contributed by atoms with E-state index in [1.165, 1.54) is 0 Å². The van der Waals surface area contributed by atoms with Crippen LogP contribution in [0.25, 0.3) is 0 Å². The van der Waals surface area contributed by atoms with Gasteiger partial charge in [-0.3, -0.25) is 0 Å². The van der Waals surface area contributed by atoms with Crippen LogP contribution in [-0.2, 0) is 0 Å². The summed E-state index contributed by atoms with van der Waals surface area (Å²) in [6.07, 6.45) is 0. The molecule has 0 saturated heterocycles. The van der Waals surface area contributed by atoms with Crippen LogP contribution in [0.5, 0.6) is 0 Å². The van der Waals surface area contributed by atoms with Gasteiger partial charge in [-0.05, 0) is 0 Å². The van der Waals surface area contributed by atoms with Crippen LogP contribution >= 0.6 is 7.87 Å². The SMILES string of the molecule is CNN(C)[P+](NC)(N(C)C)N(C)C. The van der Waals surface area contributed by atoms with Crippen molar-refractivity contribution < 1.29 is 0 Å². The molecule has 0 aromatic carbocycles. The summed E-state index contributed by atoms with van der Waals surface area (Å²) in [5.41, 5.74) is 3.16. The highest BCUT2D eigenvalue weighted by atomic mass is 31.2. The Morgan fingerprint density at radius 2 is 1.23 bits per heavy atom. The van der Waals surface area contributed by atoms with Crippen LogP contribution in [-0.4, -0.2) is 63.5 Å². The van der Waals surface area contributed by atoms with Crippen LogP contribution in [0.4, 0.5) is 0 Å². The van der Waals surface area contributed by atoms with E-state index in [2.05, 4.69) is 52.8 Å². The summed E-state index contributed by atoms with van der Waals surface area (Å²) in [4.78, 5) is 0.